The first-order valence-corrected chi connectivity index (χ1v) is 10.4. The van der Waals surface area contributed by atoms with Crippen molar-refractivity contribution in [1.29, 1.82) is 5.26 Å². The molecule has 1 amide bonds. The second-order valence-electron chi connectivity index (χ2n) is 6.65. The van der Waals surface area contributed by atoms with Crippen LogP contribution in [0, 0.1) is 18.3 Å². The molecular formula is C24H17Cl3N2O2. The van der Waals surface area contributed by atoms with Crippen molar-refractivity contribution in [3.8, 4) is 11.8 Å². The van der Waals surface area contributed by atoms with Crippen molar-refractivity contribution in [2.45, 2.75) is 13.5 Å². The quantitative estimate of drug-likeness (QED) is 0.308. The van der Waals surface area contributed by atoms with Crippen LogP contribution in [0.2, 0.25) is 15.1 Å². The molecule has 1 N–H and O–H groups in total. The van der Waals surface area contributed by atoms with E-state index >= 15 is 0 Å². The molecule has 0 saturated heterocycles. The predicted molar refractivity (Wildman–Crippen MR) is 126 cm³/mol. The van der Waals surface area contributed by atoms with Gasteiger partial charge in [-0.1, -0.05) is 59.1 Å². The number of nitrogens with one attached hydrogen (secondary N) is 1. The van der Waals surface area contributed by atoms with E-state index in [1.807, 2.05) is 31.2 Å². The molecule has 3 rings (SSSR count). The van der Waals surface area contributed by atoms with E-state index in [2.05, 4.69) is 5.32 Å². The zero-order chi connectivity index (χ0) is 22.4. The second-order valence-corrected chi connectivity index (χ2v) is 7.93. The van der Waals surface area contributed by atoms with Gasteiger partial charge in [-0.2, -0.15) is 5.26 Å². The predicted octanol–water partition coefficient (Wildman–Crippen LogP) is 7.08. The Morgan fingerprint density at radius 3 is 2.52 bits per heavy atom. The Labute approximate surface area is 195 Å². The number of aryl methyl sites for hydroxylation is 1. The molecule has 0 unspecified atom stereocenters. The fourth-order valence-electron chi connectivity index (χ4n) is 2.76. The van der Waals surface area contributed by atoms with Crippen molar-refractivity contribution in [1.82, 2.24) is 0 Å². The smallest absolute Gasteiger partial charge is 0.266 e. The number of carbonyl (C=O) groups is 1. The summed E-state index contributed by atoms with van der Waals surface area (Å²) in [6, 6.07) is 19.4. The van der Waals surface area contributed by atoms with Crippen LogP contribution in [0.5, 0.6) is 5.75 Å². The lowest BCUT2D eigenvalue weighted by Crippen LogP contribution is -2.14. The van der Waals surface area contributed by atoms with E-state index in [0.29, 0.717) is 32.1 Å². The zero-order valence-electron chi connectivity index (χ0n) is 16.5. The zero-order valence-corrected chi connectivity index (χ0v) is 18.7. The number of hydrogen-bond donors (Lipinski definition) is 1. The monoisotopic (exact) mass is 470 g/mol. The summed E-state index contributed by atoms with van der Waals surface area (Å²) in [4.78, 5) is 12.7. The highest BCUT2D eigenvalue weighted by atomic mass is 35.5. The summed E-state index contributed by atoms with van der Waals surface area (Å²) in [5, 5.41) is 13.8. The van der Waals surface area contributed by atoms with Gasteiger partial charge in [-0.25, -0.2) is 0 Å². The van der Waals surface area contributed by atoms with Gasteiger partial charge in [-0.15, -0.1) is 0 Å². The SMILES string of the molecule is Cc1ccc(Cl)cc1NC(=O)/C(C#N)=C/c1cc(Cl)ccc1OCc1ccccc1Cl. The summed E-state index contributed by atoms with van der Waals surface area (Å²) >= 11 is 18.3. The van der Waals surface area contributed by atoms with Crippen LogP contribution in [0.3, 0.4) is 0 Å². The molecule has 0 aliphatic carbocycles. The number of anilines is 1. The molecule has 3 aromatic carbocycles. The van der Waals surface area contributed by atoms with Crippen molar-refractivity contribution in [2.24, 2.45) is 0 Å². The van der Waals surface area contributed by atoms with Gasteiger partial charge in [0.25, 0.3) is 5.91 Å². The van der Waals surface area contributed by atoms with E-state index in [1.165, 1.54) is 6.08 Å². The van der Waals surface area contributed by atoms with Crippen LogP contribution in [0.4, 0.5) is 5.69 Å². The van der Waals surface area contributed by atoms with Gasteiger partial charge in [0, 0.05) is 31.9 Å². The molecule has 0 aromatic heterocycles. The van der Waals surface area contributed by atoms with Gasteiger partial charge in [-0.05, 0) is 55.0 Å². The number of ether oxygens (including phenoxy) is 1. The molecule has 0 atom stereocenters. The van der Waals surface area contributed by atoms with E-state index in [1.54, 1.807) is 42.5 Å². The number of hydrogen-bond acceptors (Lipinski definition) is 3. The third-order valence-corrected chi connectivity index (χ3v) is 5.26. The maximum atomic E-state index is 12.7. The summed E-state index contributed by atoms with van der Waals surface area (Å²) in [6.45, 7) is 2.05. The molecule has 0 spiro atoms. The highest BCUT2D eigenvalue weighted by molar-refractivity contribution is 6.31. The van der Waals surface area contributed by atoms with Crippen molar-refractivity contribution < 1.29 is 9.53 Å². The molecule has 4 nitrogen and oxygen atoms in total. The maximum absolute atomic E-state index is 12.7. The molecule has 0 bridgehead atoms. The average Bonchev–Trinajstić information content (AvgIpc) is 2.75. The lowest BCUT2D eigenvalue weighted by atomic mass is 10.1. The Balaban J connectivity index is 1.86. The summed E-state index contributed by atoms with van der Waals surface area (Å²) in [5.74, 6) is -0.103. The molecule has 156 valence electrons. The Morgan fingerprint density at radius 1 is 1.06 bits per heavy atom. The van der Waals surface area contributed by atoms with Gasteiger partial charge in [0.15, 0.2) is 0 Å². The number of nitriles is 1. The second kappa shape index (κ2) is 10.4. The Hall–Kier alpha value is -2.97. The fraction of sp³-hybridized carbons (Fsp3) is 0.0833. The lowest BCUT2D eigenvalue weighted by molar-refractivity contribution is -0.112. The van der Waals surface area contributed by atoms with E-state index < -0.39 is 5.91 Å². The molecule has 0 saturated carbocycles. The number of amides is 1. The van der Waals surface area contributed by atoms with Crippen LogP contribution in [-0.2, 0) is 11.4 Å². The average molecular weight is 472 g/mol. The maximum Gasteiger partial charge on any atom is 0.266 e. The molecule has 3 aromatic rings. The van der Waals surface area contributed by atoms with Gasteiger partial charge in [0.1, 0.15) is 24.0 Å². The number of benzene rings is 3. The minimum atomic E-state index is -0.565. The molecule has 0 aliphatic heterocycles. The van der Waals surface area contributed by atoms with Crippen molar-refractivity contribution in [3.63, 3.8) is 0 Å². The largest absolute Gasteiger partial charge is 0.488 e. The molecule has 0 heterocycles. The molecule has 7 heteroatoms. The summed E-state index contributed by atoms with van der Waals surface area (Å²) in [5.41, 5.74) is 2.54. The van der Waals surface area contributed by atoms with Crippen molar-refractivity contribution in [2.75, 3.05) is 5.32 Å². The van der Waals surface area contributed by atoms with Crippen LogP contribution in [-0.4, -0.2) is 5.91 Å². The standard InChI is InChI=1S/C24H17Cl3N2O2/c1-15-6-7-20(26)12-22(15)29-24(30)18(13-28)10-17-11-19(25)8-9-23(17)31-14-16-4-2-3-5-21(16)27/h2-12H,14H2,1H3,(H,29,30)/b18-10+. The van der Waals surface area contributed by atoms with Crippen LogP contribution < -0.4 is 10.1 Å². The van der Waals surface area contributed by atoms with Gasteiger partial charge >= 0.3 is 0 Å². The van der Waals surface area contributed by atoms with Crippen LogP contribution in [0.1, 0.15) is 16.7 Å². The van der Waals surface area contributed by atoms with E-state index in [0.717, 1.165) is 11.1 Å². The Kier molecular flexibility index (Phi) is 7.59. The molecule has 0 fully saturated rings. The number of halogens is 3. The highest BCUT2D eigenvalue weighted by Gasteiger charge is 2.14. The molecule has 0 radical (unpaired) electrons. The number of carbonyl (C=O) groups excluding carboxylic acids is 1. The van der Waals surface area contributed by atoms with Crippen LogP contribution in [0.15, 0.2) is 66.2 Å². The number of nitrogens with zero attached hydrogens (tertiary/aromatic N) is 1. The minimum Gasteiger partial charge on any atom is -0.488 e. The Morgan fingerprint density at radius 2 is 1.77 bits per heavy atom. The van der Waals surface area contributed by atoms with Crippen LogP contribution >= 0.6 is 34.8 Å². The topological polar surface area (TPSA) is 62.1 Å². The van der Waals surface area contributed by atoms with Crippen LogP contribution in [0.25, 0.3) is 6.08 Å². The molecule has 31 heavy (non-hydrogen) atoms. The van der Waals surface area contributed by atoms with Gasteiger partial charge in [-0.3, -0.25) is 4.79 Å². The first kappa shape index (κ1) is 22.7. The fourth-order valence-corrected chi connectivity index (χ4v) is 3.30. The summed E-state index contributed by atoms with van der Waals surface area (Å²) in [6.07, 6.45) is 1.43. The molecular weight excluding hydrogens is 455 g/mol. The first-order chi connectivity index (χ1) is 14.9. The third-order valence-electron chi connectivity index (χ3n) is 4.43. The van der Waals surface area contributed by atoms with Gasteiger partial charge in [0.05, 0.1) is 0 Å². The van der Waals surface area contributed by atoms with Crippen molar-refractivity contribution in [3.05, 3.63) is 98.0 Å². The normalized spacial score (nSPS) is 11.0. The number of rotatable bonds is 6. The molecule has 0 aliphatic rings. The van der Waals surface area contributed by atoms with Gasteiger partial charge in [0.2, 0.25) is 0 Å². The minimum absolute atomic E-state index is 0.107. The third kappa shape index (κ3) is 6.02. The van der Waals surface area contributed by atoms with E-state index in [-0.39, 0.29) is 12.2 Å². The summed E-state index contributed by atoms with van der Waals surface area (Å²) < 4.78 is 5.89. The van der Waals surface area contributed by atoms with E-state index in [4.69, 9.17) is 39.5 Å². The lowest BCUT2D eigenvalue weighted by Gasteiger charge is -2.12. The van der Waals surface area contributed by atoms with E-state index in [9.17, 15) is 10.1 Å². The van der Waals surface area contributed by atoms with Gasteiger partial charge < -0.3 is 10.1 Å². The Bertz CT molecular complexity index is 1200. The first-order valence-electron chi connectivity index (χ1n) is 9.22. The van der Waals surface area contributed by atoms with Crippen molar-refractivity contribution >= 4 is 52.5 Å². The summed E-state index contributed by atoms with van der Waals surface area (Å²) in [7, 11) is 0. The highest BCUT2D eigenvalue weighted by Crippen LogP contribution is 2.28.